The minimum Gasteiger partial charge on any atom is -0.497 e. The molecule has 0 atom stereocenters. The van der Waals surface area contributed by atoms with E-state index in [2.05, 4.69) is 17.4 Å². The molecule has 3 aromatic rings. The van der Waals surface area contributed by atoms with Crippen molar-refractivity contribution in [1.82, 2.24) is 9.88 Å². The molecular formula is C24H30N4O2. The standard InChI is InChI=1S/C24H30N4O2/c1-18(29)28(15-5-13-25)16-6-14-26-24-17-23(19-9-11-20(30-2)12-10-19)27-22-8-4-3-7-21(22)24/h3-4,7-12,17H,5-6,13-16,25H2,1-2H3,(H,26,27). The number of benzene rings is 2. The minimum atomic E-state index is 0.0969. The third kappa shape index (κ3) is 5.48. The molecule has 1 heterocycles. The van der Waals surface area contributed by atoms with E-state index in [9.17, 15) is 4.79 Å². The van der Waals surface area contributed by atoms with Crippen LogP contribution in [-0.2, 0) is 4.79 Å². The molecule has 3 rings (SSSR count). The molecule has 0 saturated carbocycles. The number of pyridine rings is 1. The first-order chi connectivity index (χ1) is 14.6. The Hall–Kier alpha value is -3.12. The molecule has 2 aromatic carbocycles. The first kappa shape index (κ1) is 21.6. The molecule has 0 fully saturated rings. The van der Waals surface area contributed by atoms with Crippen LogP contribution in [0.4, 0.5) is 5.69 Å². The fourth-order valence-corrected chi connectivity index (χ4v) is 3.43. The number of amides is 1. The van der Waals surface area contributed by atoms with Crippen molar-refractivity contribution >= 4 is 22.5 Å². The highest BCUT2D eigenvalue weighted by atomic mass is 16.5. The van der Waals surface area contributed by atoms with Crippen LogP contribution < -0.4 is 15.8 Å². The molecule has 0 saturated heterocycles. The smallest absolute Gasteiger partial charge is 0.219 e. The van der Waals surface area contributed by atoms with Gasteiger partial charge in [-0.3, -0.25) is 4.79 Å². The number of methoxy groups -OCH3 is 1. The molecule has 0 aliphatic heterocycles. The van der Waals surface area contributed by atoms with Gasteiger partial charge in [0.2, 0.25) is 5.91 Å². The Balaban J connectivity index is 1.74. The van der Waals surface area contributed by atoms with Gasteiger partial charge in [0.25, 0.3) is 0 Å². The zero-order chi connectivity index (χ0) is 21.3. The highest BCUT2D eigenvalue weighted by Crippen LogP contribution is 2.29. The average molecular weight is 407 g/mol. The monoisotopic (exact) mass is 406 g/mol. The Bertz CT molecular complexity index is 973. The Morgan fingerprint density at radius 2 is 1.83 bits per heavy atom. The second-order valence-electron chi connectivity index (χ2n) is 7.23. The fraction of sp³-hybridized carbons (Fsp3) is 0.333. The number of anilines is 1. The second-order valence-corrected chi connectivity index (χ2v) is 7.23. The van der Waals surface area contributed by atoms with Crippen molar-refractivity contribution in [2.75, 3.05) is 38.6 Å². The van der Waals surface area contributed by atoms with Crippen LogP contribution >= 0.6 is 0 Å². The van der Waals surface area contributed by atoms with E-state index in [1.165, 1.54) is 0 Å². The summed E-state index contributed by atoms with van der Waals surface area (Å²) < 4.78 is 5.26. The third-order valence-corrected chi connectivity index (χ3v) is 5.10. The number of nitrogens with zero attached hydrogens (tertiary/aromatic N) is 2. The quantitative estimate of drug-likeness (QED) is 0.499. The van der Waals surface area contributed by atoms with Crippen molar-refractivity contribution in [3.05, 3.63) is 54.6 Å². The summed E-state index contributed by atoms with van der Waals surface area (Å²) in [6.45, 7) is 4.41. The Morgan fingerprint density at radius 1 is 1.10 bits per heavy atom. The maximum absolute atomic E-state index is 11.8. The van der Waals surface area contributed by atoms with E-state index >= 15 is 0 Å². The Labute approximate surface area is 178 Å². The summed E-state index contributed by atoms with van der Waals surface area (Å²) >= 11 is 0. The Morgan fingerprint density at radius 3 is 2.53 bits per heavy atom. The molecule has 0 spiro atoms. The van der Waals surface area contributed by atoms with Crippen LogP contribution in [0.2, 0.25) is 0 Å². The van der Waals surface area contributed by atoms with Gasteiger partial charge in [-0.05, 0) is 55.8 Å². The van der Waals surface area contributed by atoms with Crippen LogP contribution in [0, 0.1) is 0 Å². The van der Waals surface area contributed by atoms with Crippen molar-refractivity contribution in [1.29, 1.82) is 0 Å². The van der Waals surface area contributed by atoms with E-state index in [1.807, 2.05) is 47.4 Å². The van der Waals surface area contributed by atoms with E-state index in [4.69, 9.17) is 15.5 Å². The SMILES string of the molecule is COc1ccc(-c2cc(NCCCN(CCCN)C(C)=O)c3ccccc3n2)cc1. The number of carbonyl (C=O) groups excluding carboxylic acids is 1. The summed E-state index contributed by atoms with van der Waals surface area (Å²) in [7, 11) is 1.66. The second kappa shape index (κ2) is 10.6. The Kier molecular flexibility index (Phi) is 7.63. The molecule has 6 nitrogen and oxygen atoms in total. The normalized spacial score (nSPS) is 10.8. The zero-order valence-corrected chi connectivity index (χ0v) is 17.7. The van der Waals surface area contributed by atoms with Crippen molar-refractivity contribution in [2.45, 2.75) is 19.8 Å². The summed E-state index contributed by atoms with van der Waals surface area (Å²) in [4.78, 5) is 18.5. The molecule has 158 valence electrons. The predicted molar refractivity (Wildman–Crippen MR) is 123 cm³/mol. The number of hydrogen-bond acceptors (Lipinski definition) is 5. The molecule has 6 heteroatoms. The van der Waals surface area contributed by atoms with Gasteiger partial charge in [-0.1, -0.05) is 18.2 Å². The molecule has 1 aromatic heterocycles. The number of carbonyl (C=O) groups is 1. The van der Waals surface area contributed by atoms with Crippen LogP contribution in [0.15, 0.2) is 54.6 Å². The number of nitrogens with two attached hydrogens (primary N) is 1. The first-order valence-corrected chi connectivity index (χ1v) is 10.4. The van der Waals surface area contributed by atoms with Crippen molar-refractivity contribution < 1.29 is 9.53 Å². The van der Waals surface area contributed by atoms with E-state index in [0.717, 1.165) is 59.5 Å². The molecule has 30 heavy (non-hydrogen) atoms. The highest BCUT2D eigenvalue weighted by Gasteiger charge is 2.10. The number of aromatic nitrogens is 1. The first-order valence-electron chi connectivity index (χ1n) is 10.4. The highest BCUT2D eigenvalue weighted by molar-refractivity contribution is 5.93. The van der Waals surface area contributed by atoms with Crippen LogP contribution in [0.3, 0.4) is 0 Å². The van der Waals surface area contributed by atoms with Gasteiger partial charge >= 0.3 is 0 Å². The van der Waals surface area contributed by atoms with Crippen LogP contribution in [0.1, 0.15) is 19.8 Å². The summed E-state index contributed by atoms with van der Waals surface area (Å²) in [6, 6.07) is 18.1. The van der Waals surface area contributed by atoms with Gasteiger partial charge in [-0.25, -0.2) is 4.98 Å². The summed E-state index contributed by atoms with van der Waals surface area (Å²) in [5.74, 6) is 0.919. The van der Waals surface area contributed by atoms with Crippen molar-refractivity contribution in [2.24, 2.45) is 5.73 Å². The average Bonchev–Trinajstić information content (AvgIpc) is 2.78. The summed E-state index contributed by atoms with van der Waals surface area (Å²) in [5, 5.41) is 4.63. The number of para-hydroxylation sites is 1. The lowest BCUT2D eigenvalue weighted by atomic mass is 10.1. The largest absolute Gasteiger partial charge is 0.497 e. The third-order valence-electron chi connectivity index (χ3n) is 5.10. The number of hydrogen-bond donors (Lipinski definition) is 2. The summed E-state index contributed by atoms with van der Waals surface area (Å²) in [5.41, 5.74) is 9.51. The van der Waals surface area contributed by atoms with Crippen LogP contribution in [-0.4, -0.2) is 49.1 Å². The van der Waals surface area contributed by atoms with Crippen LogP contribution in [0.25, 0.3) is 22.2 Å². The van der Waals surface area contributed by atoms with Crippen LogP contribution in [0.5, 0.6) is 5.75 Å². The molecule has 0 radical (unpaired) electrons. The maximum Gasteiger partial charge on any atom is 0.219 e. The van der Waals surface area contributed by atoms with Gasteiger partial charge in [0.15, 0.2) is 0 Å². The van der Waals surface area contributed by atoms with Gasteiger partial charge in [0.1, 0.15) is 5.75 Å². The number of nitrogens with one attached hydrogen (secondary N) is 1. The van der Waals surface area contributed by atoms with Gasteiger partial charge in [-0.15, -0.1) is 0 Å². The van der Waals surface area contributed by atoms with E-state index in [-0.39, 0.29) is 5.91 Å². The minimum absolute atomic E-state index is 0.0969. The van der Waals surface area contributed by atoms with E-state index in [1.54, 1.807) is 14.0 Å². The van der Waals surface area contributed by atoms with Crippen molar-refractivity contribution in [3.63, 3.8) is 0 Å². The lowest BCUT2D eigenvalue weighted by Crippen LogP contribution is -2.32. The number of ether oxygens (including phenoxy) is 1. The lowest BCUT2D eigenvalue weighted by Gasteiger charge is -2.21. The predicted octanol–water partition coefficient (Wildman–Crippen LogP) is 3.91. The number of fused-ring (bicyclic) bond motifs is 1. The molecule has 0 aliphatic rings. The van der Waals surface area contributed by atoms with Crippen molar-refractivity contribution in [3.8, 4) is 17.0 Å². The molecular weight excluding hydrogens is 376 g/mol. The maximum atomic E-state index is 11.8. The zero-order valence-electron chi connectivity index (χ0n) is 17.7. The van der Waals surface area contributed by atoms with E-state index in [0.29, 0.717) is 13.1 Å². The molecule has 0 bridgehead atoms. The topological polar surface area (TPSA) is 80.5 Å². The molecule has 0 aliphatic carbocycles. The van der Waals surface area contributed by atoms with Gasteiger partial charge in [0.05, 0.1) is 18.3 Å². The van der Waals surface area contributed by atoms with Gasteiger partial charge in [0, 0.05) is 43.2 Å². The lowest BCUT2D eigenvalue weighted by molar-refractivity contribution is -0.128. The molecule has 0 unspecified atom stereocenters. The van der Waals surface area contributed by atoms with Gasteiger partial charge in [-0.2, -0.15) is 0 Å². The molecule has 3 N–H and O–H groups in total. The fourth-order valence-electron chi connectivity index (χ4n) is 3.43. The number of rotatable bonds is 10. The molecule has 1 amide bonds. The summed E-state index contributed by atoms with van der Waals surface area (Å²) in [6.07, 6.45) is 1.69. The van der Waals surface area contributed by atoms with Gasteiger partial charge < -0.3 is 20.7 Å². The van der Waals surface area contributed by atoms with E-state index < -0.39 is 0 Å².